The number of rotatable bonds is 5. The van der Waals surface area contributed by atoms with Crippen LogP contribution in [0, 0.1) is 5.92 Å². The van der Waals surface area contributed by atoms with Crippen LogP contribution >= 0.6 is 0 Å². The van der Waals surface area contributed by atoms with E-state index in [1.54, 1.807) is 0 Å². The van der Waals surface area contributed by atoms with Crippen LogP contribution in [-0.4, -0.2) is 43.5 Å². The largest absolute Gasteiger partial charge is 0.481 e. The summed E-state index contributed by atoms with van der Waals surface area (Å²) >= 11 is 0. The minimum Gasteiger partial charge on any atom is -0.481 e. The summed E-state index contributed by atoms with van der Waals surface area (Å²) in [4.78, 5) is 21.3. The van der Waals surface area contributed by atoms with Crippen LogP contribution in [0.5, 0.6) is 0 Å². The standard InChI is InChI=1S/C9H15NO5S/c11-8(1-2-9(12)13)10-5-7-3-4-16(14,15)6-7/h7H,1-6H2,(H,10,11)(H,12,13). The van der Waals surface area contributed by atoms with Crippen LogP contribution in [0.4, 0.5) is 0 Å². The molecule has 6 nitrogen and oxygen atoms in total. The quantitative estimate of drug-likeness (QED) is 0.677. The van der Waals surface area contributed by atoms with Crippen molar-refractivity contribution in [3.05, 3.63) is 0 Å². The van der Waals surface area contributed by atoms with Crippen molar-refractivity contribution in [3.63, 3.8) is 0 Å². The van der Waals surface area contributed by atoms with E-state index in [1.807, 2.05) is 0 Å². The molecule has 1 saturated heterocycles. The molecule has 1 amide bonds. The fourth-order valence-electron chi connectivity index (χ4n) is 1.60. The van der Waals surface area contributed by atoms with Crippen LogP contribution in [0.1, 0.15) is 19.3 Å². The van der Waals surface area contributed by atoms with Crippen molar-refractivity contribution < 1.29 is 23.1 Å². The molecule has 0 radical (unpaired) electrons. The topological polar surface area (TPSA) is 101 Å². The molecule has 1 rings (SSSR count). The highest BCUT2D eigenvalue weighted by Crippen LogP contribution is 2.17. The summed E-state index contributed by atoms with van der Waals surface area (Å²) in [7, 11) is -2.91. The summed E-state index contributed by atoms with van der Waals surface area (Å²) in [5.74, 6) is -1.08. The van der Waals surface area contributed by atoms with Gasteiger partial charge in [-0.25, -0.2) is 8.42 Å². The van der Waals surface area contributed by atoms with Crippen LogP contribution in [0.3, 0.4) is 0 Å². The molecule has 1 fully saturated rings. The van der Waals surface area contributed by atoms with E-state index in [0.29, 0.717) is 13.0 Å². The SMILES string of the molecule is O=C(O)CCC(=O)NCC1CCS(=O)(=O)C1. The Labute approximate surface area is 93.9 Å². The first-order valence-corrected chi connectivity index (χ1v) is 6.90. The number of sulfone groups is 1. The van der Waals surface area contributed by atoms with Crippen molar-refractivity contribution in [2.24, 2.45) is 5.92 Å². The number of carboxylic acids is 1. The first-order chi connectivity index (χ1) is 7.39. The van der Waals surface area contributed by atoms with E-state index < -0.39 is 15.8 Å². The lowest BCUT2D eigenvalue weighted by molar-refractivity contribution is -0.138. The van der Waals surface area contributed by atoms with E-state index >= 15 is 0 Å². The summed E-state index contributed by atoms with van der Waals surface area (Å²) < 4.78 is 22.2. The maximum Gasteiger partial charge on any atom is 0.303 e. The lowest BCUT2D eigenvalue weighted by Gasteiger charge is -2.08. The van der Waals surface area contributed by atoms with Crippen LogP contribution < -0.4 is 5.32 Å². The van der Waals surface area contributed by atoms with Crippen LogP contribution in [-0.2, 0) is 19.4 Å². The lowest BCUT2D eigenvalue weighted by atomic mass is 10.1. The van der Waals surface area contributed by atoms with Gasteiger partial charge in [0.25, 0.3) is 0 Å². The first kappa shape index (κ1) is 13.0. The van der Waals surface area contributed by atoms with Crippen LogP contribution in [0.15, 0.2) is 0 Å². The van der Waals surface area contributed by atoms with Crippen molar-refractivity contribution in [3.8, 4) is 0 Å². The first-order valence-electron chi connectivity index (χ1n) is 5.08. The Morgan fingerprint density at radius 2 is 2.00 bits per heavy atom. The molecule has 0 aromatic carbocycles. The fraction of sp³-hybridized carbons (Fsp3) is 0.778. The van der Waals surface area contributed by atoms with Gasteiger partial charge in [-0.1, -0.05) is 0 Å². The number of hydrogen-bond acceptors (Lipinski definition) is 4. The molecular weight excluding hydrogens is 234 g/mol. The Kier molecular flexibility index (Phi) is 4.28. The molecule has 7 heteroatoms. The molecule has 0 aromatic heterocycles. The van der Waals surface area contributed by atoms with Crippen molar-refractivity contribution in [1.82, 2.24) is 5.32 Å². The molecule has 0 spiro atoms. The van der Waals surface area contributed by atoms with Crippen molar-refractivity contribution >= 4 is 21.7 Å². The van der Waals surface area contributed by atoms with Gasteiger partial charge < -0.3 is 10.4 Å². The predicted octanol–water partition coefficient (Wildman–Crippen LogP) is -0.598. The van der Waals surface area contributed by atoms with Gasteiger partial charge in [0, 0.05) is 13.0 Å². The van der Waals surface area contributed by atoms with Gasteiger partial charge in [-0.15, -0.1) is 0 Å². The van der Waals surface area contributed by atoms with Gasteiger partial charge in [0.2, 0.25) is 5.91 Å². The molecule has 1 unspecified atom stereocenters. The minimum absolute atomic E-state index is 0.0289. The van der Waals surface area contributed by atoms with E-state index in [1.165, 1.54) is 0 Å². The Balaban J connectivity index is 2.20. The Morgan fingerprint density at radius 3 is 2.50 bits per heavy atom. The summed E-state index contributed by atoms with van der Waals surface area (Å²) in [6.45, 7) is 0.317. The van der Waals surface area contributed by atoms with E-state index in [0.717, 1.165) is 0 Å². The molecule has 2 N–H and O–H groups in total. The highest BCUT2D eigenvalue weighted by molar-refractivity contribution is 7.91. The van der Waals surface area contributed by atoms with E-state index in [9.17, 15) is 18.0 Å². The Hall–Kier alpha value is -1.11. The van der Waals surface area contributed by atoms with Crippen molar-refractivity contribution in [2.45, 2.75) is 19.3 Å². The van der Waals surface area contributed by atoms with E-state index in [-0.39, 0.29) is 36.2 Å². The molecule has 1 aliphatic rings. The maximum atomic E-state index is 11.1. The maximum absolute atomic E-state index is 11.1. The lowest BCUT2D eigenvalue weighted by Crippen LogP contribution is -2.30. The second-order valence-corrected chi connectivity index (χ2v) is 6.20. The highest BCUT2D eigenvalue weighted by Gasteiger charge is 2.27. The number of carboxylic acid groups (broad SMARTS) is 1. The molecule has 0 saturated carbocycles. The summed E-state index contributed by atoms with van der Waals surface area (Å²) in [5.41, 5.74) is 0. The van der Waals surface area contributed by atoms with Gasteiger partial charge in [-0.3, -0.25) is 9.59 Å². The van der Waals surface area contributed by atoms with E-state index in [4.69, 9.17) is 5.11 Å². The molecule has 1 aliphatic heterocycles. The monoisotopic (exact) mass is 249 g/mol. The zero-order valence-corrected chi connectivity index (χ0v) is 9.62. The molecular formula is C9H15NO5S. The second kappa shape index (κ2) is 5.29. The molecule has 16 heavy (non-hydrogen) atoms. The zero-order chi connectivity index (χ0) is 12.2. The number of carbonyl (C=O) groups is 2. The molecule has 92 valence electrons. The summed E-state index contributed by atoms with van der Waals surface area (Å²) in [5, 5.41) is 10.9. The third-order valence-corrected chi connectivity index (χ3v) is 4.32. The molecule has 0 bridgehead atoms. The number of nitrogens with one attached hydrogen (secondary N) is 1. The minimum atomic E-state index is -2.91. The third kappa shape index (κ3) is 4.61. The third-order valence-electron chi connectivity index (χ3n) is 2.48. The predicted molar refractivity (Wildman–Crippen MR) is 56.6 cm³/mol. The van der Waals surface area contributed by atoms with Gasteiger partial charge in [-0.2, -0.15) is 0 Å². The van der Waals surface area contributed by atoms with Crippen LogP contribution in [0.2, 0.25) is 0 Å². The number of aliphatic carboxylic acids is 1. The number of carbonyl (C=O) groups excluding carboxylic acids is 1. The summed E-state index contributed by atoms with van der Waals surface area (Å²) in [6.07, 6.45) is 0.311. The van der Waals surface area contributed by atoms with Gasteiger partial charge in [0.1, 0.15) is 0 Å². The second-order valence-electron chi connectivity index (χ2n) is 3.97. The molecule has 0 aromatic rings. The highest BCUT2D eigenvalue weighted by atomic mass is 32.2. The van der Waals surface area contributed by atoms with Crippen molar-refractivity contribution in [2.75, 3.05) is 18.1 Å². The summed E-state index contributed by atoms with van der Waals surface area (Å²) in [6, 6.07) is 0. The average Bonchev–Trinajstić information content (AvgIpc) is 2.52. The van der Waals surface area contributed by atoms with Gasteiger partial charge in [0.05, 0.1) is 17.9 Å². The van der Waals surface area contributed by atoms with Gasteiger partial charge >= 0.3 is 5.97 Å². The number of hydrogen-bond donors (Lipinski definition) is 2. The Morgan fingerprint density at radius 1 is 1.31 bits per heavy atom. The normalized spacial score (nSPS) is 22.9. The number of amides is 1. The Bertz CT molecular complexity index is 375. The smallest absolute Gasteiger partial charge is 0.303 e. The van der Waals surface area contributed by atoms with Crippen LogP contribution in [0.25, 0.3) is 0 Å². The zero-order valence-electron chi connectivity index (χ0n) is 8.81. The van der Waals surface area contributed by atoms with E-state index in [2.05, 4.69) is 5.32 Å². The van der Waals surface area contributed by atoms with Crippen molar-refractivity contribution in [1.29, 1.82) is 0 Å². The molecule has 1 heterocycles. The van der Waals surface area contributed by atoms with Gasteiger partial charge in [-0.05, 0) is 12.3 Å². The fourth-order valence-corrected chi connectivity index (χ4v) is 3.46. The average molecular weight is 249 g/mol. The van der Waals surface area contributed by atoms with Gasteiger partial charge in [0.15, 0.2) is 9.84 Å². The molecule has 0 aliphatic carbocycles. The molecule has 1 atom stereocenters.